The standard InChI is InChI=1S/C21H41N5O6/c1-5-13(4)17(26-18(28)14(23)10-12(2)3)20(30)24-15(8-6-7-9-22)19(29)25-16(11-27)21(31)32/h12-17,27H,5-11,22-23H2,1-4H3,(H,24,30)(H,25,29)(H,26,28)(H,31,32). The molecule has 0 heterocycles. The SMILES string of the molecule is CCC(C)C(NC(=O)C(N)CC(C)C)C(=O)NC(CCCCN)C(=O)NC(CO)C(=O)O. The van der Waals surface area contributed by atoms with Crippen molar-refractivity contribution in [3.05, 3.63) is 0 Å². The van der Waals surface area contributed by atoms with Crippen LogP contribution in [0.25, 0.3) is 0 Å². The molecule has 0 rings (SSSR count). The quantitative estimate of drug-likeness (QED) is 0.144. The van der Waals surface area contributed by atoms with E-state index in [1.165, 1.54) is 0 Å². The largest absolute Gasteiger partial charge is 0.480 e. The Balaban J connectivity index is 5.45. The molecule has 0 saturated carbocycles. The van der Waals surface area contributed by atoms with E-state index in [0.717, 1.165) is 0 Å². The van der Waals surface area contributed by atoms with Gasteiger partial charge in [0.1, 0.15) is 18.1 Å². The molecule has 0 aromatic rings. The van der Waals surface area contributed by atoms with E-state index >= 15 is 0 Å². The minimum atomic E-state index is -1.49. The number of hydrogen-bond donors (Lipinski definition) is 7. The lowest BCUT2D eigenvalue weighted by atomic mass is 9.96. The van der Waals surface area contributed by atoms with E-state index in [1.54, 1.807) is 6.92 Å². The lowest BCUT2D eigenvalue weighted by Gasteiger charge is -2.28. The van der Waals surface area contributed by atoms with Crippen molar-refractivity contribution < 1.29 is 29.4 Å². The highest BCUT2D eigenvalue weighted by atomic mass is 16.4. The van der Waals surface area contributed by atoms with Crippen molar-refractivity contribution in [1.82, 2.24) is 16.0 Å². The number of hydrogen-bond acceptors (Lipinski definition) is 7. The molecule has 0 bridgehead atoms. The van der Waals surface area contributed by atoms with Gasteiger partial charge in [0.25, 0.3) is 0 Å². The fourth-order valence-electron chi connectivity index (χ4n) is 3.06. The summed E-state index contributed by atoms with van der Waals surface area (Å²) in [4.78, 5) is 49.3. The number of carbonyl (C=O) groups excluding carboxylic acids is 3. The second-order valence-corrected chi connectivity index (χ2v) is 8.54. The molecule has 0 aliphatic heterocycles. The molecule has 0 saturated heterocycles. The topological polar surface area (TPSA) is 197 Å². The maximum absolute atomic E-state index is 13.0. The van der Waals surface area contributed by atoms with Gasteiger partial charge in [0.15, 0.2) is 0 Å². The molecule has 0 aromatic heterocycles. The van der Waals surface area contributed by atoms with Crippen LogP contribution in [-0.2, 0) is 19.2 Å². The third-order valence-electron chi connectivity index (χ3n) is 5.23. The molecular weight excluding hydrogens is 418 g/mol. The van der Waals surface area contributed by atoms with Gasteiger partial charge in [-0.2, -0.15) is 0 Å². The maximum Gasteiger partial charge on any atom is 0.328 e. The van der Waals surface area contributed by atoms with Crippen molar-refractivity contribution in [1.29, 1.82) is 0 Å². The molecule has 0 aromatic carbocycles. The Labute approximate surface area is 190 Å². The Hall–Kier alpha value is -2.24. The molecule has 0 aliphatic rings. The van der Waals surface area contributed by atoms with E-state index in [-0.39, 0.29) is 18.3 Å². The summed E-state index contributed by atoms with van der Waals surface area (Å²) in [7, 11) is 0. The first-order chi connectivity index (χ1) is 15.0. The predicted octanol–water partition coefficient (Wildman–Crippen LogP) is -0.934. The molecular formula is C21H41N5O6. The zero-order chi connectivity index (χ0) is 24.8. The number of rotatable bonds is 16. The number of unbranched alkanes of at least 4 members (excludes halogenated alkanes) is 1. The van der Waals surface area contributed by atoms with Gasteiger partial charge in [0.2, 0.25) is 17.7 Å². The monoisotopic (exact) mass is 459 g/mol. The van der Waals surface area contributed by atoms with Crippen LogP contribution < -0.4 is 27.4 Å². The molecule has 0 fully saturated rings. The van der Waals surface area contributed by atoms with Crippen LogP contribution in [0.2, 0.25) is 0 Å². The van der Waals surface area contributed by atoms with Gasteiger partial charge in [0.05, 0.1) is 12.6 Å². The van der Waals surface area contributed by atoms with Gasteiger partial charge < -0.3 is 37.6 Å². The molecule has 11 nitrogen and oxygen atoms in total. The number of carbonyl (C=O) groups is 4. The normalized spacial score (nSPS) is 15.9. The summed E-state index contributed by atoms with van der Waals surface area (Å²) in [5.41, 5.74) is 11.4. The minimum Gasteiger partial charge on any atom is -0.480 e. The summed E-state index contributed by atoms with van der Waals surface area (Å²) in [5.74, 6) is -3.17. The molecule has 3 amide bonds. The van der Waals surface area contributed by atoms with E-state index in [1.807, 2.05) is 20.8 Å². The number of carboxylic acid groups (broad SMARTS) is 1. The average Bonchev–Trinajstić information content (AvgIpc) is 2.73. The van der Waals surface area contributed by atoms with Crippen molar-refractivity contribution >= 4 is 23.7 Å². The zero-order valence-electron chi connectivity index (χ0n) is 19.6. The van der Waals surface area contributed by atoms with Crippen LogP contribution in [0.4, 0.5) is 0 Å². The summed E-state index contributed by atoms with van der Waals surface area (Å²) in [6.45, 7) is 7.16. The van der Waals surface area contributed by atoms with Crippen molar-refractivity contribution in [2.75, 3.05) is 13.2 Å². The first-order valence-electron chi connectivity index (χ1n) is 11.2. The van der Waals surface area contributed by atoms with Gasteiger partial charge in [-0.05, 0) is 44.1 Å². The Morgan fingerprint density at radius 1 is 0.906 bits per heavy atom. The molecule has 0 aliphatic carbocycles. The number of amides is 3. The van der Waals surface area contributed by atoms with Crippen molar-refractivity contribution in [3.63, 3.8) is 0 Å². The molecule has 186 valence electrons. The van der Waals surface area contributed by atoms with E-state index < -0.39 is 54.5 Å². The van der Waals surface area contributed by atoms with Gasteiger partial charge >= 0.3 is 5.97 Å². The highest BCUT2D eigenvalue weighted by Gasteiger charge is 2.32. The second-order valence-electron chi connectivity index (χ2n) is 8.54. The average molecular weight is 460 g/mol. The smallest absolute Gasteiger partial charge is 0.328 e. The summed E-state index contributed by atoms with van der Waals surface area (Å²) >= 11 is 0. The second kappa shape index (κ2) is 15.5. The maximum atomic E-state index is 13.0. The Bertz CT molecular complexity index is 615. The van der Waals surface area contributed by atoms with Gasteiger partial charge in [-0.3, -0.25) is 14.4 Å². The Morgan fingerprint density at radius 3 is 1.97 bits per heavy atom. The minimum absolute atomic E-state index is 0.205. The number of carboxylic acids is 1. The molecule has 5 atom stereocenters. The van der Waals surface area contributed by atoms with E-state index in [2.05, 4.69) is 16.0 Å². The van der Waals surface area contributed by atoms with Crippen LogP contribution in [0, 0.1) is 11.8 Å². The van der Waals surface area contributed by atoms with Gasteiger partial charge in [-0.25, -0.2) is 4.79 Å². The van der Waals surface area contributed by atoms with Crippen LogP contribution in [0.3, 0.4) is 0 Å². The summed E-state index contributed by atoms with van der Waals surface area (Å²) in [6, 6.07) is -4.21. The molecule has 9 N–H and O–H groups in total. The lowest BCUT2D eigenvalue weighted by molar-refractivity contribution is -0.143. The Morgan fingerprint density at radius 2 is 1.50 bits per heavy atom. The van der Waals surface area contributed by atoms with Crippen LogP contribution in [0.15, 0.2) is 0 Å². The van der Waals surface area contributed by atoms with E-state index in [0.29, 0.717) is 32.2 Å². The predicted molar refractivity (Wildman–Crippen MR) is 120 cm³/mol. The van der Waals surface area contributed by atoms with Crippen molar-refractivity contribution in [3.8, 4) is 0 Å². The lowest BCUT2D eigenvalue weighted by Crippen LogP contribution is -2.59. The van der Waals surface area contributed by atoms with E-state index in [4.69, 9.17) is 16.6 Å². The zero-order valence-corrected chi connectivity index (χ0v) is 19.6. The Kier molecular flexibility index (Phi) is 14.5. The van der Waals surface area contributed by atoms with Crippen molar-refractivity contribution in [2.24, 2.45) is 23.3 Å². The van der Waals surface area contributed by atoms with E-state index in [9.17, 15) is 24.3 Å². The molecule has 0 spiro atoms. The van der Waals surface area contributed by atoms with Gasteiger partial charge in [-0.15, -0.1) is 0 Å². The number of aliphatic carboxylic acids is 1. The molecule has 32 heavy (non-hydrogen) atoms. The number of aliphatic hydroxyl groups excluding tert-OH is 1. The summed E-state index contributed by atoms with van der Waals surface area (Å²) < 4.78 is 0. The fourth-order valence-corrected chi connectivity index (χ4v) is 3.06. The number of nitrogens with two attached hydrogens (primary N) is 2. The van der Waals surface area contributed by atoms with Crippen LogP contribution in [-0.4, -0.2) is 71.2 Å². The summed E-state index contributed by atoms with van der Waals surface area (Å²) in [5, 5.41) is 25.8. The van der Waals surface area contributed by atoms with Crippen molar-refractivity contribution in [2.45, 2.75) is 84.0 Å². The van der Waals surface area contributed by atoms with Gasteiger partial charge in [0, 0.05) is 0 Å². The summed E-state index contributed by atoms with van der Waals surface area (Å²) in [6.07, 6.45) is 2.40. The first kappa shape index (κ1) is 29.8. The molecule has 5 unspecified atom stereocenters. The highest BCUT2D eigenvalue weighted by Crippen LogP contribution is 2.11. The van der Waals surface area contributed by atoms with Crippen LogP contribution in [0.5, 0.6) is 0 Å². The number of nitrogens with one attached hydrogen (secondary N) is 3. The van der Waals surface area contributed by atoms with Gasteiger partial charge in [-0.1, -0.05) is 34.1 Å². The number of aliphatic hydroxyl groups is 1. The van der Waals surface area contributed by atoms with Crippen LogP contribution >= 0.6 is 0 Å². The third-order valence-corrected chi connectivity index (χ3v) is 5.23. The van der Waals surface area contributed by atoms with Crippen LogP contribution in [0.1, 0.15) is 59.8 Å². The highest BCUT2D eigenvalue weighted by molar-refractivity contribution is 5.94. The first-order valence-corrected chi connectivity index (χ1v) is 11.2. The fraction of sp³-hybridized carbons (Fsp3) is 0.810. The molecule has 0 radical (unpaired) electrons. The third kappa shape index (κ3) is 10.9. The molecule has 11 heteroatoms.